The molecule has 0 bridgehead atoms. The normalized spacial score (nSPS) is 17.0. The second-order valence-corrected chi connectivity index (χ2v) is 13.7. The second kappa shape index (κ2) is 9.13. The summed E-state index contributed by atoms with van der Waals surface area (Å²) in [7, 11) is 2.14. The van der Waals surface area contributed by atoms with Crippen LogP contribution in [-0.4, -0.2) is 31.5 Å². The van der Waals surface area contributed by atoms with Crippen LogP contribution in [0.2, 0.25) is 0 Å². The first kappa shape index (κ1) is 24.1. The van der Waals surface area contributed by atoms with Gasteiger partial charge in [0.25, 0.3) is 0 Å². The van der Waals surface area contributed by atoms with Crippen LogP contribution in [0.1, 0.15) is 57.6 Å². The van der Waals surface area contributed by atoms with Gasteiger partial charge in [0, 0.05) is 17.4 Å². The van der Waals surface area contributed by atoms with Crippen molar-refractivity contribution >= 4 is 10.3 Å². The van der Waals surface area contributed by atoms with Gasteiger partial charge in [-0.3, -0.25) is 0 Å². The molecule has 0 N–H and O–H groups in total. The fourth-order valence-electron chi connectivity index (χ4n) is 4.05. The van der Waals surface area contributed by atoms with Gasteiger partial charge in [-0.25, -0.2) is 4.39 Å². The van der Waals surface area contributed by atoms with E-state index in [0.29, 0.717) is 17.9 Å². The summed E-state index contributed by atoms with van der Waals surface area (Å²) in [6.07, 6.45) is 8.50. The van der Waals surface area contributed by atoms with Gasteiger partial charge >= 0.3 is 0 Å². The second-order valence-electron chi connectivity index (χ2n) is 9.74. The summed E-state index contributed by atoms with van der Waals surface area (Å²) in [5.41, 5.74) is 3.16. The van der Waals surface area contributed by atoms with E-state index in [2.05, 4.69) is 39.3 Å². The van der Waals surface area contributed by atoms with E-state index in [1.807, 2.05) is 12.1 Å². The molecule has 0 amide bonds. The van der Waals surface area contributed by atoms with Crippen molar-refractivity contribution in [2.24, 2.45) is 0 Å². The predicted octanol–water partition coefficient (Wildman–Crippen LogP) is 7.21. The van der Waals surface area contributed by atoms with Crippen LogP contribution in [0.15, 0.2) is 36.4 Å². The summed E-state index contributed by atoms with van der Waals surface area (Å²) in [6.45, 7) is 7.20. The molecule has 3 nitrogen and oxygen atoms in total. The van der Waals surface area contributed by atoms with Crippen molar-refractivity contribution in [2.75, 3.05) is 26.7 Å². The molecule has 0 atom stereocenters. The summed E-state index contributed by atoms with van der Waals surface area (Å²) in [4.78, 5) is 0. The highest BCUT2D eigenvalue weighted by Gasteiger charge is 2.38. The minimum Gasteiger partial charge on any atom is -0.497 e. The number of hydrogen-bond acceptors (Lipinski definition) is 3. The van der Waals surface area contributed by atoms with E-state index in [4.69, 9.17) is 13.7 Å². The van der Waals surface area contributed by atoms with Crippen molar-refractivity contribution in [3.05, 3.63) is 53.3 Å². The Kier molecular flexibility index (Phi) is 7.09. The van der Waals surface area contributed by atoms with Gasteiger partial charge in [0.1, 0.15) is 11.6 Å². The van der Waals surface area contributed by atoms with E-state index in [9.17, 15) is 4.39 Å². The number of halogens is 1. The number of rotatable bonds is 7. The molecule has 1 aliphatic carbocycles. The Morgan fingerprint density at radius 2 is 1.65 bits per heavy atom. The van der Waals surface area contributed by atoms with Gasteiger partial charge in [0.2, 0.25) is 0 Å². The molecule has 0 radical (unpaired) electrons. The van der Waals surface area contributed by atoms with Crippen LogP contribution < -0.4 is 4.74 Å². The van der Waals surface area contributed by atoms with Crippen LogP contribution in [0.25, 0.3) is 11.1 Å². The standard InChI is InChI=1S/C26H37FO3S/c1-25(2,3)31(6,7)30-18-19-10-12-21(22-17-20(28-4)11-13-24(22)27)23(16-19)26(29-5)14-8-9-15-26/h10-13,16-17H,8-9,14-15,18H2,1-7H3. The van der Waals surface area contributed by atoms with E-state index in [1.165, 1.54) is 6.07 Å². The van der Waals surface area contributed by atoms with Crippen molar-refractivity contribution in [3.63, 3.8) is 0 Å². The molecule has 31 heavy (non-hydrogen) atoms. The Bertz CT molecular complexity index is 911. The van der Waals surface area contributed by atoms with Gasteiger partial charge in [-0.2, -0.15) is 0 Å². The lowest BCUT2D eigenvalue weighted by molar-refractivity contribution is -0.00832. The first-order chi connectivity index (χ1) is 14.5. The van der Waals surface area contributed by atoms with Crippen LogP contribution in [0, 0.1) is 5.82 Å². The highest BCUT2D eigenvalue weighted by Crippen LogP contribution is 2.54. The van der Waals surface area contributed by atoms with Crippen LogP contribution in [-0.2, 0) is 21.1 Å². The maximum atomic E-state index is 14.9. The maximum absolute atomic E-state index is 14.9. The lowest BCUT2D eigenvalue weighted by atomic mass is 9.84. The summed E-state index contributed by atoms with van der Waals surface area (Å²) >= 11 is 0. The molecular weight excluding hydrogens is 411 g/mol. The first-order valence-electron chi connectivity index (χ1n) is 10.9. The Morgan fingerprint density at radius 3 is 2.23 bits per heavy atom. The molecule has 0 spiro atoms. The SMILES string of the molecule is COc1ccc(F)c(-c2ccc(COS(C)(C)C(C)(C)C)cc2C2(OC)CCCC2)c1. The van der Waals surface area contributed by atoms with Crippen molar-refractivity contribution in [1.29, 1.82) is 0 Å². The number of hydrogen-bond donors (Lipinski definition) is 0. The molecule has 1 saturated carbocycles. The summed E-state index contributed by atoms with van der Waals surface area (Å²) in [6, 6.07) is 11.1. The van der Waals surface area contributed by atoms with Crippen LogP contribution >= 0.6 is 10.3 Å². The lowest BCUT2D eigenvalue weighted by Crippen LogP contribution is -2.26. The first-order valence-corrected chi connectivity index (χ1v) is 13.3. The molecule has 0 saturated heterocycles. The van der Waals surface area contributed by atoms with Crippen molar-refractivity contribution in [2.45, 2.75) is 63.4 Å². The van der Waals surface area contributed by atoms with Crippen molar-refractivity contribution < 1.29 is 18.0 Å². The van der Waals surface area contributed by atoms with Crippen molar-refractivity contribution in [1.82, 2.24) is 0 Å². The molecule has 0 unspecified atom stereocenters. The number of benzene rings is 2. The monoisotopic (exact) mass is 448 g/mol. The average Bonchev–Trinajstić information content (AvgIpc) is 3.22. The quantitative estimate of drug-likeness (QED) is 0.448. The van der Waals surface area contributed by atoms with E-state index < -0.39 is 15.9 Å². The average molecular weight is 449 g/mol. The van der Waals surface area contributed by atoms with Gasteiger partial charge in [0.05, 0.1) is 19.3 Å². The summed E-state index contributed by atoms with van der Waals surface area (Å²) in [5.74, 6) is 0.386. The molecule has 3 rings (SSSR count). The van der Waals surface area contributed by atoms with Crippen LogP contribution in [0.5, 0.6) is 5.75 Å². The molecule has 1 fully saturated rings. The third kappa shape index (κ3) is 4.94. The highest BCUT2D eigenvalue weighted by atomic mass is 32.3. The molecule has 0 aliphatic heterocycles. The topological polar surface area (TPSA) is 27.7 Å². The third-order valence-corrected chi connectivity index (χ3v) is 10.5. The van der Waals surface area contributed by atoms with Crippen LogP contribution in [0.4, 0.5) is 4.39 Å². The zero-order valence-electron chi connectivity index (χ0n) is 20.0. The summed E-state index contributed by atoms with van der Waals surface area (Å²) in [5, 5.41) is 0. The molecule has 2 aromatic carbocycles. The minimum atomic E-state index is -1.23. The molecule has 5 heteroatoms. The zero-order chi connectivity index (χ0) is 22.9. The van der Waals surface area contributed by atoms with Gasteiger partial charge < -0.3 is 13.7 Å². The van der Waals surface area contributed by atoms with E-state index >= 15 is 0 Å². The zero-order valence-corrected chi connectivity index (χ0v) is 20.8. The van der Waals surface area contributed by atoms with Gasteiger partial charge in [-0.15, -0.1) is 10.3 Å². The minimum absolute atomic E-state index is 0.0959. The smallest absolute Gasteiger partial charge is 0.131 e. The molecule has 1 aliphatic rings. The lowest BCUT2D eigenvalue weighted by Gasteiger charge is -2.43. The van der Waals surface area contributed by atoms with Gasteiger partial charge in [-0.1, -0.05) is 45.7 Å². The highest BCUT2D eigenvalue weighted by molar-refractivity contribution is 8.29. The third-order valence-electron chi connectivity index (χ3n) is 6.84. The molecule has 0 aromatic heterocycles. The molecular formula is C26H37FO3S. The predicted molar refractivity (Wildman–Crippen MR) is 130 cm³/mol. The van der Waals surface area contributed by atoms with E-state index in [-0.39, 0.29) is 10.6 Å². The van der Waals surface area contributed by atoms with Gasteiger partial charge in [0.15, 0.2) is 0 Å². The van der Waals surface area contributed by atoms with E-state index in [1.54, 1.807) is 26.4 Å². The van der Waals surface area contributed by atoms with E-state index in [0.717, 1.165) is 42.4 Å². The fourth-order valence-corrected chi connectivity index (χ4v) is 4.84. The molecule has 2 aromatic rings. The summed E-state index contributed by atoms with van der Waals surface area (Å²) < 4.78 is 32.9. The Hall–Kier alpha value is -1.56. The van der Waals surface area contributed by atoms with Crippen LogP contribution in [0.3, 0.4) is 0 Å². The molecule has 172 valence electrons. The molecule has 0 heterocycles. The number of methoxy groups -OCH3 is 2. The van der Waals surface area contributed by atoms with Crippen molar-refractivity contribution in [3.8, 4) is 16.9 Å². The Balaban J connectivity index is 2.07. The Labute approximate surface area is 188 Å². The van der Waals surface area contributed by atoms with Gasteiger partial charge in [-0.05, 0) is 66.3 Å². The largest absolute Gasteiger partial charge is 0.497 e. The Morgan fingerprint density at radius 1 is 0.968 bits per heavy atom. The maximum Gasteiger partial charge on any atom is 0.131 e. The number of ether oxygens (including phenoxy) is 2. The fraction of sp³-hybridized carbons (Fsp3) is 0.538.